The van der Waals surface area contributed by atoms with E-state index < -0.39 is 0 Å². The minimum atomic E-state index is 0.413. The van der Waals surface area contributed by atoms with Gasteiger partial charge in [0.25, 0.3) is 0 Å². The van der Waals surface area contributed by atoms with Gasteiger partial charge in [-0.1, -0.05) is 12.1 Å². The van der Waals surface area contributed by atoms with Crippen LogP contribution in [0.2, 0.25) is 0 Å². The monoisotopic (exact) mass is 413 g/mol. The van der Waals surface area contributed by atoms with Gasteiger partial charge in [-0.3, -0.25) is 0 Å². The van der Waals surface area contributed by atoms with Crippen molar-refractivity contribution in [1.29, 1.82) is 0 Å². The smallest absolute Gasteiger partial charge is 0.182 e. The van der Waals surface area contributed by atoms with Gasteiger partial charge in [-0.15, -0.1) is 0 Å². The summed E-state index contributed by atoms with van der Waals surface area (Å²) in [5, 5.41) is 4.60. The van der Waals surface area contributed by atoms with E-state index in [2.05, 4.69) is 50.5 Å². The Morgan fingerprint density at radius 2 is 1.97 bits per heavy atom. The third kappa shape index (κ3) is 3.49. The maximum absolute atomic E-state index is 6.04. The van der Waals surface area contributed by atoms with E-state index in [1.54, 1.807) is 6.20 Å². The summed E-state index contributed by atoms with van der Waals surface area (Å²) in [5.74, 6) is 1.74. The van der Waals surface area contributed by atoms with Gasteiger partial charge < -0.3 is 20.9 Å². The molecule has 3 aromatic heterocycles. The topological polar surface area (TPSA) is 95.8 Å². The first-order chi connectivity index (χ1) is 15.2. The lowest BCUT2D eigenvalue weighted by Crippen LogP contribution is -2.52. The number of rotatable bonds is 4. The Balaban J connectivity index is 1.17. The van der Waals surface area contributed by atoms with Gasteiger partial charge in [0.15, 0.2) is 5.65 Å². The van der Waals surface area contributed by atoms with Crippen LogP contribution in [0.1, 0.15) is 31.2 Å². The van der Waals surface area contributed by atoms with E-state index in [1.807, 2.05) is 12.3 Å². The molecule has 1 aliphatic heterocycles. The zero-order chi connectivity index (χ0) is 20.8. The van der Waals surface area contributed by atoms with E-state index in [-0.39, 0.29) is 0 Å². The summed E-state index contributed by atoms with van der Waals surface area (Å²) in [7, 11) is 0. The Morgan fingerprint density at radius 3 is 2.81 bits per heavy atom. The highest BCUT2D eigenvalue weighted by molar-refractivity contribution is 5.80. The number of nitrogens with two attached hydrogens (primary N) is 1. The molecular weight excluding hydrogens is 386 g/mol. The van der Waals surface area contributed by atoms with Crippen molar-refractivity contribution in [3.63, 3.8) is 0 Å². The molecular formula is C24H27N7. The molecule has 1 aromatic carbocycles. The highest BCUT2D eigenvalue weighted by Crippen LogP contribution is 2.48. The summed E-state index contributed by atoms with van der Waals surface area (Å²) >= 11 is 0. The van der Waals surface area contributed by atoms with E-state index in [4.69, 9.17) is 15.7 Å². The second-order valence-electron chi connectivity index (χ2n) is 9.18. The molecule has 1 spiro atoms. The van der Waals surface area contributed by atoms with Crippen LogP contribution in [-0.4, -0.2) is 39.1 Å². The highest BCUT2D eigenvalue weighted by Gasteiger charge is 2.44. The number of piperidine rings is 1. The van der Waals surface area contributed by atoms with Gasteiger partial charge in [-0.25, -0.2) is 15.0 Å². The van der Waals surface area contributed by atoms with Crippen LogP contribution in [-0.2, 0) is 6.54 Å². The molecule has 4 aromatic rings. The zero-order valence-corrected chi connectivity index (χ0v) is 17.5. The van der Waals surface area contributed by atoms with Crippen molar-refractivity contribution in [2.45, 2.75) is 38.3 Å². The third-order valence-electron chi connectivity index (χ3n) is 7.02. The quantitative estimate of drug-likeness (QED) is 0.471. The van der Waals surface area contributed by atoms with E-state index >= 15 is 0 Å². The summed E-state index contributed by atoms with van der Waals surface area (Å²) in [4.78, 5) is 19.7. The van der Waals surface area contributed by atoms with E-state index in [1.165, 1.54) is 36.6 Å². The molecule has 4 heterocycles. The van der Waals surface area contributed by atoms with Gasteiger partial charge in [0, 0.05) is 37.4 Å². The van der Waals surface area contributed by atoms with Gasteiger partial charge in [-0.05, 0) is 66.3 Å². The second-order valence-corrected chi connectivity index (χ2v) is 9.18. The normalized spacial score (nSPS) is 18.5. The standard InChI is InChI=1S/C24H27N7/c25-18-12-24(13-18)6-9-31(10-7-24)22-4-3-19-23(30-22)29-21(15-27-19)28-14-16-1-2-17-5-8-26-20(17)11-16/h1-5,8,11,15,18,26H,6-7,9-10,12-14,25H2,(H,28,29,30). The van der Waals surface area contributed by atoms with E-state index in [0.29, 0.717) is 23.6 Å². The molecule has 6 rings (SSSR count). The molecule has 158 valence electrons. The Labute approximate surface area is 181 Å². The zero-order valence-electron chi connectivity index (χ0n) is 17.5. The number of pyridine rings is 1. The van der Waals surface area contributed by atoms with Gasteiger partial charge in [0.05, 0.1) is 6.20 Å². The Hall–Kier alpha value is -3.19. The van der Waals surface area contributed by atoms with Gasteiger partial charge in [0.1, 0.15) is 17.2 Å². The second kappa shape index (κ2) is 7.20. The van der Waals surface area contributed by atoms with Crippen molar-refractivity contribution in [2.24, 2.45) is 11.1 Å². The summed E-state index contributed by atoms with van der Waals surface area (Å²) in [5.41, 5.74) is 10.4. The number of nitrogens with one attached hydrogen (secondary N) is 2. The number of hydrogen-bond acceptors (Lipinski definition) is 6. The molecule has 7 heteroatoms. The predicted octanol–water partition coefficient (Wildman–Crippen LogP) is 3.83. The van der Waals surface area contributed by atoms with Crippen LogP contribution in [0.15, 0.2) is 48.8 Å². The highest BCUT2D eigenvalue weighted by atomic mass is 15.2. The molecule has 0 atom stereocenters. The SMILES string of the molecule is NC1CC2(CCN(c3ccc4ncc(NCc5ccc6cc[nH]c6c5)nc4n3)CC2)C1. The molecule has 1 aliphatic carbocycles. The predicted molar refractivity (Wildman–Crippen MR) is 124 cm³/mol. The van der Waals surface area contributed by atoms with Crippen LogP contribution in [0.25, 0.3) is 22.1 Å². The molecule has 1 saturated heterocycles. The van der Waals surface area contributed by atoms with Crippen molar-refractivity contribution in [1.82, 2.24) is 19.9 Å². The number of anilines is 2. The number of fused-ring (bicyclic) bond motifs is 2. The molecule has 0 radical (unpaired) electrons. The van der Waals surface area contributed by atoms with Crippen molar-refractivity contribution < 1.29 is 0 Å². The number of aromatic nitrogens is 4. The Morgan fingerprint density at radius 1 is 1.10 bits per heavy atom. The summed E-state index contributed by atoms with van der Waals surface area (Å²) in [6.45, 7) is 2.76. The summed E-state index contributed by atoms with van der Waals surface area (Å²) < 4.78 is 0. The fraction of sp³-hybridized carbons (Fsp3) is 0.375. The summed E-state index contributed by atoms with van der Waals surface area (Å²) in [6, 6.07) is 13.0. The van der Waals surface area contributed by atoms with Crippen LogP contribution in [0.3, 0.4) is 0 Å². The van der Waals surface area contributed by atoms with Crippen LogP contribution in [0.4, 0.5) is 11.6 Å². The number of nitrogens with zero attached hydrogens (tertiary/aromatic N) is 4. The third-order valence-corrected chi connectivity index (χ3v) is 7.02. The number of hydrogen-bond donors (Lipinski definition) is 3. The lowest BCUT2D eigenvalue weighted by Gasteiger charge is -2.51. The number of aromatic amines is 1. The lowest BCUT2D eigenvalue weighted by atomic mass is 9.61. The molecule has 0 bridgehead atoms. The van der Waals surface area contributed by atoms with Crippen molar-refractivity contribution >= 4 is 33.7 Å². The Bertz CT molecular complexity index is 1230. The molecule has 1 saturated carbocycles. The number of benzene rings is 1. The fourth-order valence-corrected chi connectivity index (χ4v) is 5.22. The van der Waals surface area contributed by atoms with Crippen LogP contribution < -0.4 is 16.0 Å². The number of H-pyrrole nitrogens is 1. The van der Waals surface area contributed by atoms with Crippen molar-refractivity contribution in [2.75, 3.05) is 23.3 Å². The molecule has 0 amide bonds. The van der Waals surface area contributed by atoms with Crippen LogP contribution >= 0.6 is 0 Å². The van der Waals surface area contributed by atoms with Gasteiger partial charge in [0.2, 0.25) is 0 Å². The van der Waals surface area contributed by atoms with Crippen molar-refractivity contribution in [3.05, 3.63) is 54.4 Å². The van der Waals surface area contributed by atoms with Gasteiger partial charge >= 0.3 is 0 Å². The van der Waals surface area contributed by atoms with E-state index in [0.717, 1.165) is 35.8 Å². The maximum atomic E-state index is 6.04. The lowest BCUT2D eigenvalue weighted by molar-refractivity contribution is 0.0711. The minimum Gasteiger partial charge on any atom is -0.365 e. The molecule has 0 unspecified atom stereocenters. The first kappa shape index (κ1) is 18.6. The molecule has 4 N–H and O–H groups in total. The summed E-state index contributed by atoms with van der Waals surface area (Å²) in [6.07, 6.45) is 8.52. The Kier molecular flexibility index (Phi) is 4.31. The first-order valence-electron chi connectivity index (χ1n) is 11.1. The molecule has 2 fully saturated rings. The largest absolute Gasteiger partial charge is 0.365 e. The van der Waals surface area contributed by atoms with Crippen molar-refractivity contribution in [3.8, 4) is 0 Å². The average molecular weight is 414 g/mol. The molecule has 7 nitrogen and oxygen atoms in total. The maximum Gasteiger partial charge on any atom is 0.182 e. The fourth-order valence-electron chi connectivity index (χ4n) is 5.22. The van der Waals surface area contributed by atoms with Crippen LogP contribution in [0, 0.1) is 5.41 Å². The minimum absolute atomic E-state index is 0.413. The van der Waals surface area contributed by atoms with Crippen LogP contribution in [0.5, 0.6) is 0 Å². The first-order valence-corrected chi connectivity index (χ1v) is 11.1. The average Bonchev–Trinajstić information content (AvgIpc) is 3.25. The van der Waals surface area contributed by atoms with E-state index in [9.17, 15) is 0 Å². The molecule has 2 aliphatic rings. The van der Waals surface area contributed by atoms with Gasteiger partial charge in [-0.2, -0.15) is 0 Å². The molecule has 31 heavy (non-hydrogen) atoms.